The van der Waals surface area contributed by atoms with Gasteiger partial charge in [-0.05, 0) is 36.4 Å². The van der Waals surface area contributed by atoms with E-state index in [-0.39, 0.29) is 30.2 Å². The van der Waals surface area contributed by atoms with Crippen molar-refractivity contribution in [2.45, 2.75) is 12.8 Å². The molecule has 0 aliphatic heterocycles. The van der Waals surface area contributed by atoms with Gasteiger partial charge >= 0.3 is 11.7 Å². The zero-order valence-corrected chi connectivity index (χ0v) is 15.7. The van der Waals surface area contributed by atoms with Gasteiger partial charge in [0.15, 0.2) is 6.61 Å². The molecule has 160 valence electrons. The number of hydrogen-bond donors (Lipinski definition) is 1. The zero-order valence-electron chi connectivity index (χ0n) is 15.7. The zero-order chi connectivity index (χ0) is 22.4. The molecule has 0 atom stereocenters. The minimum atomic E-state index is -1.04. The Labute approximate surface area is 173 Å². The van der Waals surface area contributed by atoms with Crippen LogP contribution in [0.3, 0.4) is 0 Å². The molecule has 1 amide bonds. The number of carbonyl (C=O) groups is 2. The van der Waals surface area contributed by atoms with Crippen molar-refractivity contribution in [3.8, 4) is 11.4 Å². The third-order valence-electron chi connectivity index (χ3n) is 3.90. The van der Waals surface area contributed by atoms with E-state index in [4.69, 9.17) is 9.26 Å². The second-order valence-corrected chi connectivity index (χ2v) is 6.15. The minimum Gasteiger partial charge on any atom is -0.456 e. The van der Waals surface area contributed by atoms with Gasteiger partial charge in [-0.3, -0.25) is 19.7 Å². The molecule has 0 aliphatic rings. The van der Waals surface area contributed by atoms with Crippen molar-refractivity contribution in [2.24, 2.45) is 0 Å². The summed E-state index contributed by atoms with van der Waals surface area (Å²) in [5.41, 5.74) is -0.278. The van der Waals surface area contributed by atoms with Crippen molar-refractivity contribution in [1.82, 2.24) is 10.1 Å². The number of nitro groups is 1. The Hall–Kier alpha value is -4.22. The van der Waals surface area contributed by atoms with Gasteiger partial charge < -0.3 is 14.6 Å². The van der Waals surface area contributed by atoms with Crippen LogP contribution >= 0.6 is 0 Å². The van der Waals surface area contributed by atoms with Crippen LogP contribution in [-0.4, -0.2) is 33.5 Å². The first-order valence-electron chi connectivity index (χ1n) is 8.80. The number of carbonyl (C=O) groups excluding carboxylic acids is 2. The Bertz CT molecular complexity index is 1120. The first-order valence-corrected chi connectivity index (χ1v) is 8.80. The maximum Gasteiger partial charge on any atom is 0.306 e. The number of halogens is 2. The fourth-order valence-electron chi connectivity index (χ4n) is 2.43. The van der Waals surface area contributed by atoms with Crippen LogP contribution in [0.15, 0.2) is 47.0 Å². The van der Waals surface area contributed by atoms with Gasteiger partial charge in [0.2, 0.25) is 17.5 Å². The van der Waals surface area contributed by atoms with E-state index in [0.29, 0.717) is 5.56 Å². The number of hydrogen-bond acceptors (Lipinski definition) is 8. The Balaban J connectivity index is 1.45. The molecule has 0 saturated carbocycles. The van der Waals surface area contributed by atoms with Crippen molar-refractivity contribution in [1.29, 1.82) is 0 Å². The Morgan fingerprint density at radius 1 is 1.16 bits per heavy atom. The highest BCUT2D eigenvalue weighted by Crippen LogP contribution is 2.21. The second kappa shape index (κ2) is 9.52. The lowest BCUT2D eigenvalue weighted by Crippen LogP contribution is -2.21. The van der Waals surface area contributed by atoms with Crippen molar-refractivity contribution in [3.63, 3.8) is 0 Å². The predicted molar refractivity (Wildman–Crippen MR) is 101 cm³/mol. The van der Waals surface area contributed by atoms with Gasteiger partial charge in [-0.25, -0.2) is 4.39 Å². The molecule has 10 nitrogen and oxygen atoms in total. The normalized spacial score (nSPS) is 10.5. The summed E-state index contributed by atoms with van der Waals surface area (Å²) in [4.78, 5) is 37.5. The molecule has 3 rings (SSSR count). The number of ether oxygens (including phenoxy) is 1. The van der Waals surface area contributed by atoms with E-state index in [0.717, 1.165) is 18.2 Å². The van der Waals surface area contributed by atoms with Crippen molar-refractivity contribution in [2.75, 3.05) is 11.9 Å². The molecule has 0 bridgehead atoms. The van der Waals surface area contributed by atoms with Crippen molar-refractivity contribution < 1.29 is 32.6 Å². The van der Waals surface area contributed by atoms with Gasteiger partial charge in [0.1, 0.15) is 5.82 Å². The van der Waals surface area contributed by atoms with E-state index in [1.807, 2.05) is 0 Å². The summed E-state index contributed by atoms with van der Waals surface area (Å²) in [7, 11) is 0. The third kappa shape index (κ3) is 5.88. The summed E-state index contributed by atoms with van der Waals surface area (Å²) in [5.74, 6) is -2.54. The summed E-state index contributed by atoms with van der Waals surface area (Å²) in [6.07, 6.45) is -0.0981. The van der Waals surface area contributed by atoms with Crippen LogP contribution < -0.4 is 5.32 Å². The van der Waals surface area contributed by atoms with Gasteiger partial charge in [0, 0.05) is 23.7 Å². The number of nitrogens with zero attached hydrogens (tertiary/aromatic N) is 3. The van der Waals surface area contributed by atoms with Crippen LogP contribution in [0, 0.1) is 21.7 Å². The number of esters is 1. The maximum absolute atomic E-state index is 13.3. The molecule has 1 aromatic heterocycles. The van der Waals surface area contributed by atoms with Gasteiger partial charge in [0.25, 0.3) is 5.91 Å². The van der Waals surface area contributed by atoms with Crippen LogP contribution in [-0.2, 0) is 20.7 Å². The van der Waals surface area contributed by atoms with Gasteiger partial charge in [-0.1, -0.05) is 5.16 Å². The first kappa shape index (κ1) is 21.5. The first-order chi connectivity index (χ1) is 14.8. The molecule has 12 heteroatoms. The van der Waals surface area contributed by atoms with Gasteiger partial charge in [0.05, 0.1) is 11.3 Å². The van der Waals surface area contributed by atoms with E-state index >= 15 is 0 Å². The van der Waals surface area contributed by atoms with E-state index in [2.05, 4.69) is 15.5 Å². The lowest BCUT2D eigenvalue weighted by molar-refractivity contribution is -0.387. The number of aromatic nitrogens is 2. The average Bonchev–Trinajstić information content (AvgIpc) is 3.21. The molecule has 0 aliphatic carbocycles. The van der Waals surface area contributed by atoms with E-state index in [1.165, 1.54) is 24.3 Å². The lowest BCUT2D eigenvalue weighted by Gasteiger charge is -2.06. The quantitative estimate of drug-likeness (QED) is 0.326. The molecule has 1 heterocycles. The van der Waals surface area contributed by atoms with Crippen LogP contribution in [0.25, 0.3) is 11.4 Å². The van der Waals surface area contributed by atoms with Crippen LogP contribution in [0.4, 0.5) is 20.2 Å². The Morgan fingerprint density at radius 2 is 1.90 bits per heavy atom. The largest absolute Gasteiger partial charge is 0.456 e. The fourth-order valence-corrected chi connectivity index (χ4v) is 2.43. The molecule has 0 radical (unpaired) electrons. The molecule has 3 aromatic rings. The Morgan fingerprint density at radius 3 is 2.61 bits per heavy atom. The van der Waals surface area contributed by atoms with Gasteiger partial charge in [-0.2, -0.15) is 9.37 Å². The number of anilines is 1. The van der Waals surface area contributed by atoms with E-state index in [9.17, 15) is 28.5 Å². The topological polar surface area (TPSA) is 137 Å². The molecular weight excluding hydrogens is 418 g/mol. The molecule has 0 saturated heterocycles. The summed E-state index contributed by atoms with van der Waals surface area (Å²) >= 11 is 0. The van der Waals surface area contributed by atoms with Gasteiger partial charge in [-0.15, -0.1) is 0 Å². The Kier molecular flexibility index (Phi) is 6.60. The number of benzene rings is 2. The summed E-state index contributed by atoms with van der Waals surface area (Å²) in [5, 5.41) is 16.7. The van der Waals surface area contributed by atoms with Crippen molar-refractivity contribution in [3.05, 3.63) is 70.1 Å². The summed E-state index contributed by atoms with van der Waals surface area (Å²) in [6.45, 7) is -0.644. The number of nitrogens with one attached hydrogen (secondary N) is 1. The molecule has 0 spiro atoms. The molecule has 1 N–H and O–H groups in total. The van der Waals surface area contributed by atoms with Crippen LogP contribution in [0.5, 0.6) is 0 Å². The number of aryl methyl sites for hydroxylation is 1. The predicted octanol–water partition coefficient (Wildman–Crippen LogP) is 3.04. The molecular formula is C19H14F2N4O6. The minimum absolute atomic E-state index is 0.0201. The molecule has 0 fully saturated rings. The van der Waals surface area contributed by atoms with Crippen LogP contribution in [0.2, 0.25) is 0 Å². The maximum atomic E-state index is 13.3. The lowest BCUT2D eigenvalue weighted by atomic mass is 10.2. The molecule has 31 heavy (non-hydrogen) atoms. The van der Waals surface area contributed by atoms with E-state index < -0.39 is 40.7 Å². The number of rotatable bonds is 8. The SMILES string of the molecule is O=C(COC(=O)CCc1nc(-c2ccc(F)cc2)no1)Nc1ccc(F)c([N+](=O)[O-])c1. The average molecular weight is 432 g/mol. The van der Waals surface area contributed by atoms with E-state index in [1.54, 1.807) is 0 Å². The highest BCUT2D eigenvalue weighted by atomic mass is 19.1. The van der Waals surface area contributed by atoms with Crippen molar-refractivity contribution >= 4 is 23.3 Å². The fraction of sp³-hybridized carbons (Fsp3) is 0.158. The number of nitro benzene ring substituents is 1. The summed E-state index contributed by atoms with van der Waals surface area (Å²) in [6, 6.07) is 8.28. The molecule has 0 unspecified atom stereocenters. The monoisotopic (exact) mass is 432 g/mol. The number of amides is 1. The van der Waals surface area contributed by atoms with Crippen LogP contribution in [0.1, 0.15) is 12.3 Å². The highest BCUT2D eigenvalue weighted by molar-refractivity contribution is 5.93. The highest BCUT2D eigenvalue weighted by Gasteiger charge is 2.16. The third-order valence-corrected chi connectivity index (χ3v) is 3.90. The second-order valence-electron chi connectivity index (χ2n) is 6.15. The standard InChI is InChI=1S/C19H14F2N4O6/c20-12-3-1-11(2-4-12)19-23-17(31-24-19)7-8-18(27)30-10-16(26)22-13-5-6-14(21)15(9-13)25(28)29/h1-6,9H,7-8,10H2,(H,22,26). The molecule has 2 aromatic carbocycles. The smallest absolute Gasteiger partial charge is 0.306 e. The summed E-state index contributed by atoms with van der Waals surface area (Å²) < 4.78 is 36.1.